The maximum absolute atomic E-state index is 13.1. The van der Waals surface area contributed by atoms with Crippen molar-refractivity contribution in [1.82, 2.24) is 5.32 Å². The lowest BCUT2D eigenvalue weighted by Crippen LogP contribution is -2.19. The Bertz CT molecular complexity index is 531. The number of rotatable bonds is 3. The largest absolute Gasteiger partial charge is 0.494 e. The lowest BCUT2D eigenvalue weighted by molar-refractivity contribution is -0.116. The first-order valence-corrected chi connectivity index (χ1v) is 6.05. The molecule has 0 bridgehead atoms. The molecule has 1 amide bonds. The van der Waals surface area contributed by atoms with Crippen molar-refractivity contribution >= 4 is 29.1 Å². The molecular formula is C11H10FN3O2S. The van der Waals surface area contributed by atoms with Gasteiger partial charge >= 0.3 is 0 Å². The molecule has 1 aromatic carbocycles. The third-order valence-electron chi connectivity index (χ3n) is 2.12. The third-order valence-corrected chi connectivity index (χ3v) is 2.98. The molecule has 0 radical (unpaired) electrons. The van der Waals surface area contributed by atoms with E-state index >= 15 is 0 Å². The van der Waals surface area contributed by atoms with Gasteiger partial charge in [-0.2, -0.15) is 5.10 Å². The molecule has 0 atom stereocenters. The van der Waals surface area contributed by atoms with Crippen LogP contribution in [-0.4, -0.2) is 30.2 Å². The van der Waals surface area contributed by atoms with E-state index in [0.29, 0.717) is 16.5 Å². The van der Waals surface area contributed by atoms with Gasteiger partial charge in [0, 0.05) is 0 Å². The van der Waals surface area contributed by atoms with Crippen LogP contribution in [0, 0.1) is 5.82 Å². The van der Waals surface area contributed by atoms with Crippen molar-refractivity contribution in [3.63, 3.8) is 0 Å². The predicted molar refractivity (Wildman–Crippen MR) is 68.6 cm³/mol. The molecule has 2 rings (SSSR count). The summed E-state index contributed by atoms with van der Waals surface area (Å²) < 4.78 is 18.0. The van der Waals surface area contributed by atoms with E-state index in [1.807, 2.05) is 0 Å². The lowest BCUT2D eigenvalue weighted by Gasteiger charge is -2.01. The molecule has 18 heavy (non-hydrogen) atoms. The smallest absolute Gasteiger partial charge is 0.236 e. The number of hydrogen-bond acceptors (Lipinski definition) is 5. The van der Waals surface area contributed by atoms with Crippen LogP contribution in [0.25, 0.3) is 0 Å². The number of ether oxygens (including phenoxy) is 1. The van der Waals surface area contributed by atoms with Crippen molar-refractivity contribution in [2.75, 3.05) is 12.9 Å². The quantitative estimate of drug-likeness (QED) is 0.665. The molecule has 0 spiro atoms. The van der Waals surface area contributed by atoms with Gasteiger partial charge in [-0.3, -0.25) is 4.79 Å². The highest BCUT2D eigenvalue weighted by atomic mass is 32.2. The van der Waals surface area contributed by atoms with Gasteiger partial charge in [-0.05, 0) is 17.7 Å². The molecule has 1 aliphatic rings. The summed E-state index contributed by atoms with van der Waals surface area (Å²) >= 11 is 1.29. The zero-order valence-electron chi connectivity index (χ0n) is 9.51. The number of nitrogens with one attached hydrogen (secondary N) is 1. The molecule has 0 unspecified atom stereocenters. The van der Waals surface area contributed by atoms with Crippen LogP contribution >= 0.6 is 11.8 Å². The van der Waals surface area contributed by atoms with Crippen LogP contribution in [0.1, 0.15) is 5.56 Å². The van der Waals surface area contributed by atoms with E-state index in [0.717, 1.165) is 0 Å². The van der Waals surface area contributed by atoms with Gasteiger partial charge in [0.1, 0.15) is 0 Å². The molecule has 1 saturated heterocycles. The van der Waals surface area contributed by atoms with Gasteiger partial charge in [0.15, 0.2) is 16.7 Å². The van der Waals surface area contributed by atoms with Gasteiger partial charge in [0.2, 0.25) is 5.91 Å². The average Bonchev–Trinajstić information content (AvgIpc) is 2.77. The second-order valence-corrected chi connectivity index (χ2v) is 4.34. The SMILES string of the molecule is COc1cc(C=NN=C2NC(=O)CS2)ccc1F. The molecule has 1 heterocycles. The van der Waals surface area contributed by atoms with Crippen molar-refractivity contribution < 1.29 is 13.9 Å². The second-order valence-electron chi connectivity index (χ2n) is 3.38. The van der Waals surface area contributed by atoms with Gasteiger partial charge in [-0.1, -0.05) is 17.8 Å². The van der Waals surface area contributed by atoms with E-state index in [1.165, 1.54) is 37.2 Å². The fraction of sp³-hybridized carbons (Fsp3) is 0.182. The fourth-order valence-corrected chi connectivity index (χ4v) is 1.91. The van der Waals surface area contributed by atoms with Crippen LogP contribution in [0.2, 0.25) is 0 Å². The Kier molecular flexibility index (Phi) is 3.93. The van der Waals surface area contributed by atoms with Crippen molar-refractivity contribution in [3.8, 4) is 5.75 Å². The van der Waals surface area contributed by atoms with Gasteiger partial charge < -0.3 is 10.1 Å². The van der Waals surface area contributed by atoms with E-state index in [2.05, 4.69) is 15.5 Å². The summed E-state index contributed by atoms with van der Waals surface area (Å²) in [6.45, 7) is 0. The van der Waals surface area contributed by atoms with Gasteiger partial charge in [-0.15, -0.1) is 5.10 Å². The molecule has 94 valence electrons. The summed E-state index contributed by atoms with van der Waals surface area (Å²) in [7, 11) is 1.39. The maximum Gasteiger partial charge on any atom is 0.236 e. The van der Waals surface area contributed by atoms with E-state index in [4.69, 9.17) is 4.74 Å². The van der Waals surface area contributed by atoms with Crippen LogP contribution in [0.4, 0.5) is 4.39 Å². The Morgan fingerprint density at radius 3 is 3.06 bits per heavy atom. The molecule has 1 aliphatic heterocycles. The molecule has 1 N–H and O–H groups in total. The van der Waals surface area contributed by atoms with Gasteiger partial charge in [0.05, 0.1) is 19.1 Å². The van der Waals surface area contributed by atoms with Crippen LogP contribution in [0.3, 0.4) is 0 Å². The molecule has 0 aliphatic carbocycles. The highest BCUT2D eigenvalue weighted by Gasteiger charge is 2.15. The van der Waals surface area contributed by atoms with Crippen LogP contribution < -0.4 is 10.1 Å². The minimum Gasteiger partial charge on any atom is -0.494 e. The monoisotopic (exact) mass is 267 g/mol. The summed E-state index contributed by atoms with van der Waals surface area (Å²) in [5.41, 5.74) is 0.659. The average molecular weight is 267 g/mol. The number of hydrogen-bond donors (Lipinski definition) is 1. The Hall–Kier alpha value is -1.89. The van der Waals surface area contributed by atoms with E-state index in [1.54, 1.807) is 6.07 Å². The zero-order chi connectivity index (χ0) is 13.0. The number of halogens is 1. The molecule has 7 heteroatoms. The van der Waals surface area contributed by atoms with Gasteiger partial charge in [0.25, 0.3) is 0 Å². The van der Waals surface area contributed by atoms with E-state index in [9.17, 15) is 9.18 Å². The van der Waals surface area contributed by atoms with Crippen LogP contribution in [0.5, 0.6) is 5.75 Å². The first-order valence-electron chi connectivity index (χ1n) is 5.06. The number of carbonyl (C=O) groups is 1. The number of nitrogens with zero attached hydrogens (tertiary/aromatic N) is 2. The van der Waals surface area contributed by atoms with Crippen molar-refractivity contribution in [2.45, 2.75) is 0 Å². The lowest BCUT2D eigenvalue weighted by atomic mass is 10.2. The van der Waals surface area contributed by atoms with Crippen molar-refractivity contribution in [3.05, 3.63) is 29.6 Å². The standard InChI is InChI=1S/C11H10FN3O2S/c1-17-9-4-7(2-3-8(9)12)5-13-15-11-14-10(16)6-18-11/h2-5H,6H2,1H3,(H,14,15,16). The summed E-state index contributed by atoms with van der Waals surface area (Å²) in [5.74, 6) is -0.00856. The number of amides is 1. The highest BCUT2D eigenvalue weighted by Crippen LogP contribution is 2.17. The number of amidine groups is 1. The minimum atomic E-state index is -0.431. The highest BCUT2D eigenvalue weighted by molar-refractivity contribution is 8.15. The third kappa shape index (κ3) is 3.07. The molecule has 5 nitrogen and oxygen atoms in total. The number of benzene rings is 1. The topological polar surface area (TPSA) is 63.1 Å². The van der Waals surface area contributed by atoms with E-state index < -0.39 is 5.82 Å². The van der Waals surface area contributed by atoms with Crippen molar-refractivity contribution in [2.24, 2.45) is 10.2 Å². The number of methoxy groups -OCH3 is 1. The summed E-state index contributed by atoms with van der Waals surface area (Å²) in [4.78, 5) is 10.9. The Morgan fingerprint density at radius 2 is 2.39 bits per heavy atom. The predicted octanol–water partition coefficient (Wildman–Crippen LogP) is 1.39. The van der Waals surface area contributed by atoms with Gasteiger partial charge in [-0.25, -0.2) is 4.39 Å². The number of thioether (sulfide) groups is 1. The Morgan fingerprint density at radius 1 is 1.56 bits per heavy atom. The first-order chi connectivity index (χ1) is 8.69. The molecule has 0 saturated carbocycles. The molecule has 1 fully saturated rings. The first kappa shape index (κ1) is 12.6. The van der Waals surface area contributed by atoms with E-state index in [-0.39, 0.29) is 11.7 Å². The molecule has 0 aromatic heterocycles. The van der Waals surface area contributed by atoms with Crippen LogP contribution in [-0.2, 0) is 4.79 Å². The summed E-state index contributed by atoms with van der Waals surface area (Å²) in [6.07, 6.45) is 1.46. The fourth-order valence-electron chi connectivity index (χ4n) is 1.28. The minimum absolute atomic E-state index is 0.0857. The normalized spacial score (nSPS) is 17.4. The Labute approximate surface area is 107 Å². The number of carbonyl (C=O) groups excluding carboxylic acids is 1. The Balaban J connectivity index is 2.07. The second kappa shape index (κ2) is 5.63. The maximum atomic E-state index is 13.1. The summed E-state index contributed by atoms with van der Waals surface area (Å²) in [5, 5.41) is 10.7. The van der Waals surface area contributed by atoms with Crippen molar-refractivity contribution in [1.29, 1.82) is 0 Å². The van der Waals surface area contributed by atoms with Crippen LogP contribution in [0.15, 0.2) is 28.4 Å². The summed E-state index contributed by atoms with van der Waals surface area (Å²) in [6, 6.07) is 4.36. The molecular weight excluding hydrogens is 257 g/mol. The molecule has 1 aromatic rings. The zero-order valence-corrected chi connectivity index (χ0v) is 10.3.